The van der Waals surface area contributed by atoms with Crippen LogP contribution in [0.5, 0.6) is 11.5 Å². The van der Waals surface area contributed by atoms with E-state index in [2.05, 4.69) is 5.32 Å². The van der Waals surface area contributed by atoms with E-state index in [1.807, 2.05) is 98.6 Å². The third kappa shape index (κ3) is 4.67. The smallest absolute Gasteiger partial charge is 0.243 e. The van der Waals surface area contributed by atoms with Gasteiger partial charge in [-0.3, -0.25) is 4.79 Å². The molecule has 3 rings (SSSR count). The van der Waals surface area contributed by atoms with Crippen molar-refractivity contribution in [3.05, 3.63) is 83.9 Å². The van der Waals surface area contributed by atoms with Gasteiger partial charge in [0.05, 0.1) is 12.2 Å². The molecule has 0 saturated carbocycles. The van der Waals surface area contributed by atoms with Crippen LogP contribution in [0.2, 0.25) is 0 Å². The number of likely N-dealkylation sites (N-methyl/N-ethyl adjacent to an activating group) is 1. The maximum Gasteiger partial charge on any atom is 0.243 e. The van der Waals surface area contributed by atoms with Gasteiger partial charge in [0.1, 0.15) is 5.75 Å². The van der Waals surface area contributed by atoms with Crippen molar-refractivity contribution in [1.82, 2.24) is 0 Å². The molecular weight excluding hydrogens is 336 g/mol. The molecule has 3 aromatic rings. The Morgan fingerprint density at radius 1 is 0.889 bits per heavy atom. The van der Waals surface area contributed by atoms with Crippen molar-refractivity contribution in [1.29, 1.82) is 0 Å². The Morgan fingerprint density at radius 2 is 1.52 bits per heavy atom. The molecule has 0 heterocycles. The molecule has 0 radical (unpaired) electrons. The van der Waals surface area contributed by atoms with Crippen LogP contribution in [0.15, 0.2) is 72.8 Å². The van der Waals surface area contributed by atoms with Gasteiger partial charge in [0.2, 0.25) is 5.91 Å². The zero-order valence-electron chi connectivity index (χ0n) is 15.9. The minimum atomic E-state index is -0.0654. The first-order valence-corrected chi connectivity index (χ1v) is 8.94. The molecule has 1 amide bonds. The molecule has 0 aliphatic carbocycles. The molecule has 0 aromatic heterocycles. The van der Waals surface area contributed by atoms with Crippen molar-refractivity contribution in [2.75, 3.05) is 23.8 Å². The topological polar surface area (TPSA) is 41.6 Å². The lowest BCUT2D eigenvalue weighted by molar-refractivity contribution is -0.114. The maximum absolute atomic E-state index is 12.6. The lowest BCUT2D eigenvalue weighted by Gasteiger charge is -2.22. The number of aryl methyl sites for hydroxylation is 2. The largest absolute Gasteiger partial charge is 0.455 e. The highest BCUT2D eigenvalue weighted by atomic mass is 16.5. The predicted molar refractivity (Wildman–Crippen MR) is 111 cm³/mol. The third-order valence-electron chi connectivity index (χ3n) is 4.37. The van der Waals surface area contributed by atoms with Crippen LogP contribution in [0.1, 0.15) is 11.1 Å². The van der Waals surface area contributed by atoms with E-state index in [4.69, 9.17) is 4.74 Å². The quantitative estimate of drug-likeness (QED) is 0.659. The van der Waals surface area contributed by atoms with Crippen LogP contribution in [-0.2, 0) is 4.79 Å². The average molecular weight is 360 g/mol. The van der Waals surface area contributed by atoms with Crippen LogP contribution in [0.4, 0.5) is 11.4 Å². The molecular formula is C23H24N2O2. The van der Waals surface area contributed by atoms with Gasteiger partial charge in [-0.2, -0.15) is 0 Å². The summed E-state index contributed by atoms with van der Waals surface area (Å²) in [5, 5.41) is 3.03. The van der Waals surface area contributed by atoms with Crippen molar-refractivity contribution in [2.24, 2.45) is 0 Å². The van der Waals surface area contributed by atoms with Gasteiger partial charge >= 0.3 is 0 Å². The number of para-hydroxylation sites is 4. The second-order valence-electron chi connectivity index (χ2n) is 6.55. The number of carbonyl (C=O) groups is 1. The molecule has 0 bridgehead atoms. The van der Waals surface area contributed by atoms with E-state index in [1.54, 1.807) is 0 Å². The average Bonchev–Trinajstić information content (AvgIpc) is 2.66. The lowest BCUT2D eigenvalue weighted by atomic mass is 10.1. The van der Waals surface area contributed by atoms with E-state index in [0.717, 1.165) is 28.3 Å². The van der Waals surface area contributed by atoms with Crippen molar-refractivity contribution in [2.45, 2.75) is 13.8 Å². The standard InChI is InChI=1S/C23H24N2O2/c1-17-10-9-11-18(2)23(17)24-22(26)16-25(3)20-14-7-8-15-21(20)27-19-12-5-4-6-13-19/h4-15H,16H2,1-3H3,(H,24,26). The number of rotatable bonds is 6. The summed E-state index contributed by atoms with van der Waals surface area (Å²) in [6.07, 6.45) is 0. The summed E-state index contributed by atoms with van der Waals surface area (Å²) in [5.74, 6) is 1.41. The molecule has 0 saturated heterocycles. The first-order valence-electron chi connectivity index (χ1n) is 8.94. The summed E-state index contributed by atoms with van der Waals surface area (Å²) >= 11 is 0. The van der Waals surface area contributed by atoms with E-state index in [-0.39, 0.29) is 12.5 Å². The molecule has 0 aliphatic heterocycles. The second kappa shape index (κ2) is 8.41. The number of carbonyl (C=O) groups excluding carboxylic acids is 1. The van der Waals surface area contributed by atoms with Crippen LogP contribution in [0, 0.1) is 13.8 Å². The lowest BCUT2D eigenvalue weighted by Crippen LogP contribution is -2.30. The molecule has 0 unspecified atom stereocenters. The van der Waals surface area contributed by atoms with Gasteiger partial charge in [-0.1, -0.05) is 48.5 Å². The summed E-state index contributed by atoms with van der Waals surface area (Å²) in [7, 11) is 1.89. The first-order chi connectivity index (χ1) is 13.0. The van der Waals surface area contributed by atoms with Crippen molar-refractivity contribution in [3.63, 3.8) is 0 Å². The molecule has 0 aliphatic rings. The van der Waals surface area contributed by atoms with Gasteiger partial charge in [-0.15, -0.1) is 0 Å². The van der Waals surface area contributed by atoms with Crippen molar-refractivity contribution >= 4 is 17.3 Å². The SMILES string of the molecule is Cc1cccc(C)c1NC(=O)CN(C)c1ccccc1Oc1ccccc1. The normalized spacial score (nSPS) is 10.3. The van der Waals surface area contributed by atoms with Gasteiger partial charge in [-0.05, 0) is 49.2 Å². The molecule has 0 spiro atoms. The fourth-order valence-corrected chi connectivity index (χ4v) is 2.97. The Labute approximate surface area is 160 Å². The van der Waals surface area contributed by atoms with Gasteiger partial charge in [0, 0.05) is 12.7 Å². The van der Waals surface area contributed by atoms with Crippen molar-refractivity contribution < 1.29 is 9.53 Å². The summed E-state index contributed by atoms with van der Waals surface area (Å²) in [6, 6.07) is 23.3. The molecule has 138 valence electrons. The number of hydrogen-bond acceptors (Lipinski definition) is 3. The molecule has 1 N–H and O–H groups in total. The van der Waals surface area contributed by atoms with Crippen LogP contribution < -0.4 is 15.0 Å². The van der Waals surface area contributed by atoms with E-state index >= 15 is 0 Å². The highest BCUT2D eigenvalue weighted by Gasteiger charge is 2.14. The van der Waals surface area contributed by atoms with E-state index in [0.29, 0.717) is 5.75 Å². The molecule has 3 aromatic carbocycles. The monoisotopic (exact) mass is 360 g/mol. The minimum Gasteiger partial charge on any atom is -0.455 e. The van der Waals surface area contributed by atoms with Crippen molar-refractivity contribution in [3.8, 4) is 11.5 Å². The Morgan fingerprint density at radius 3 is 2.22 bits per heavy atom. The zero-order valence-corrected chi connectivity index (χ0v) is 15.9. The fourth-order valence-electron chi connectivity index (χ4n) is 2.97. The number of anilines is 2. The van der Waals surface area contributed by atoms with Gasteiger partial charge in [0.15, 0.2) is 5.75 Å². The minimum absolute atomic E-state index is 0.0654. The van der Waals surface area contributed by atoms with E-state index < -0.39 is 0 Å². The Hall–Kier alpha value is -3.27. The van der Waals surface area contributed by atoms with Crippen LogP contribution in [-0.4, -0.2) is 19.5 Å². The predicted octanol–water partition coefficient (Wildman–Crippen LogP) is 5.17. The molecule has 27 heavy (non-hydrogen) atoms. The summed E-state index contributed by atoms with van der Waals surface area (Å²) in [4.78, 5) is 14.5. The third-order valence-corrected chi connectivity index (χ3v) is 4.37. The molecule has 0 fully saturated rings. The number of amides is 1. The number of nitrogens with one attached hydrogen (secondary N) is 1. The number of nitrogens with zero attached hydrogens (tertiary/aromatic N) is 1. The first kappa shape index (κ1) is 18.5. The fraction of sp³-hybridized carbons (Fsp3) is 0.174. The number of benzene rings is 3. The number of ether oxygens (including phenoxy) is 1. The Balaban J connectivity index is 1.73. The van der Waals surface area contributed by atoms with E-state index in [9.17, 15) is 4.79 Å². The number of hydrogen-bond donors (Lipinski definition) is 1. The van der Waals surface area contributed by atoms with E-state index in [1.165, 1.54) is 0 Å². The zero-order chi connectivity index (χ0) is 19.2. The Kier molecular flexibility index (Phi) is 5.77. The summed E-state index contributed by atoms with van der Waals surface area (Å²) < 4.78 is 6.00. The maximum atomic E-state index is 12.6. The Bertz CT molecular complexity index is 902. The van der Waals surface area contributed by atoms with Gasteiger partial charge in [-0.25, -0.2) is 0 Å². The summed E-state index contributed by atoms with van der Waals surface area (Å²) in [6.45, 7) is 4.22. The van der Waals surface area contributed by atoms with Gasteiger partial charge in [0.25, 0.3) is 0 Å². The highest BCUT2D eigenvalue weighted by molar-refractivity contribution is 5.95. The van der Waals surface area contributed by atoms with Crippen LogP contribution in [0.3, 0.4) is 0 Å². The molecule has 4 heteroatoms. The second-order valence-corrected chi connectivity index (χ2v) is 6.55. The van der Waals surface area contributed by atoms with Crippen LogP contribution >= 0.6 is 0 Å². The molecule has 4 nitrogen and oxygen atoms in total. The van der Waals surface area contributed by atoms with Crippen LogP contribution in [0.25, 0.3) is 0 Å². The summed E-state index contributed by atoms with van der Waals surface area (Å²) in [5.41, 5.74) is 3.85. The highest BCUT2D eigenvalue weighted by Crippen LogP contribution is 2.31. The van der Waals surface area contributed by atoms with Gasteiger partial charge < -0.3 is 15.0 Å². The molecule has 0 atom stereocenters.